The molecule has 170 valence electrons. The van der Waals surface area contributed by atoms with Gasteiger partial charge in [0, 0.05) is 34.2 Å². The van der Waals surface area contributed by atoms with Crippen molar-refractivity contribution in [2.24, 2.45) is 0 Å². The number of pyridine rings is 2. The van der Waals surface area contributed by atoms with Crippen molar-refractivity contribution < 1.29 is 0 Å². The Bertz CT molecular complexity index is 2050. The highest BCUT2D eigenvalue weighted by Crippen LogP contribution is 2.41. The highest BCUT2D eigenvalue weighted by molar-refractivity contribution is 6.22. The largest absolute Gasteiger partial charge is 0.309 e. The van der Waals surface area contributed by atoms with E-state index in [1.807, 2.05) is 18.5 Å². The second-order valence-corrected chi connectivity index (χ2v) is 9.40. The third kappa shape index (κ3) is 2.58. The molecule has 4 nitrogen and oxygen atoms in total. The first kappa shape index (κ1) is 19.6. The van der Waals surface area contributed by atoms with Gasteiger partial charge in [-0.3, -0.25) is 9.97 Å². The van der Waals surface area contributed by atoms with Crippen LogP contribution < -0.4 is 0 Å². The summed E-state index contributed by atoms with van der Waals surface area (Å²) >= 11 is 0. The fourth-order valence-corrected chi connectivity index (χ4v) is 5.92. The number of hydrogen-bond donors (Lipinski definition) is 0. The lowest BCUT2D eigenvalue weighted by molar-refractivity contribution is 0.978. The van der Waals surface area contributed by atoms with Crippen molar-refractivity contribution in [2.45, 2.75) is 12.8 Å². The molecule has 0 fully saturated rings. The predicted molar refractivity (Wildman–Crippen MR) is 150 cm³/mol. The Morgan fingerprint density at radius 2 is 1.47 bits per heavy atom. The number of para-hydroxylation sites is 1. The second-order valence-electron chi connectivity index (χ2n) is 9.40. The van der Waals surface area contributed by atoms with E-state index in [0.29, 0.717) is 0 Å². The van der Waals surface area contributed by atoms with Crippen molar-refractivity contribution in [3.63, 3.8) is 0 Å². The quantitative estimate of drug-likeness (QED) is 0.261. The van der Waals surface area contributed by atoms with Crippen LogP contribution in [0.4, 0.5) is 0 Å². The van der Waals surface area contributed by atoms with Crippen LogP contribution in [-0.4, -0.2) is 19.1 Å². The molecule has 4 heteroatoms. The molecule has 0 amide bonds. The lowest BCUT2D eigenvalue weighted by atomic mass is 10.1. The molecule has 0 saturated carbocycles. The van der Waals surface area contributed by atoms with Gasteiger partial charge in [0.1, 0.15) is 0 Å². The molecule has 36 heavy (non-hydrogen) atoms. The van der Waals surface area contributed by atoms with Gasteiger partial charge in [0.05, 0.1) is 38.8 Å². The van der Waals surface area contributed by atoms with E-state index < -0.39 is 0 Å². The molecule has 1 aliphatic rings. The average Bonchev–Trinajstić information content (AvgIpc) is 3.46. The maximum atomic E-state index is 5.06. The van der Waals surface area contributed by atoms with Crippen molar-refractivity contribution in [1.29, 1.82) is 0 Å². The molecule has 4 heterocycles. The Hall–Kier alpha value is -4.70. The molecule has 0 aliphatic heterocycles. The van der Waals surface area contributed by atoms with E-state index in [4.69, 9.17) is 9.97 Å². The normalized spacial score (nSPS) is 13.9. The molecule has 0 bridgehead atoms. The first-order valence-electron chi connectivity index (χ1n) is 12.4. The van der Waals surface area contributed by atoms with Gasteiger partial charge in [-0.2, -0.15) is 0 Å². The summed E-state index contributed by atoms with van der Waals surface area (Å²) in [6, 6.07) is 28.0. The zero-order chi connectivity index (χ0) is 23.6. The van der Waals surface area contributed by atoms with Crippen LogP contribution in [0, 0.1) is 0 Å². The van der Waals surface area contributed by atoms with Gasteiger partial charge in [0.2, 0.25) is 0 Å². The van der Waals surface area contributed by atoms with Crippen LogP contribution in [0.1, 0.15) is 12.8 Å². The van der Waals surface area contributed by atoms with E-state index in [1.54, 1.807) is 0 Å². The van der Waals surface area contributed by atoms with Crippen molar-refractivity contribution >= 4 is 60.3 Å². The first-order valence-corrected chi connectivity index (χ1v) is 12.4. The molecule has 0 N–H and O–H groups in total. The summed E-state index contributed by atoms with van der Waals surface area (Å²) in [5, 5.41) is 4.69. The number of allylic oxidation sites excluding steroid dienone is 4. The van der Waals surface area contributed by atoms with Crippen molar-refractivity contribution in [3.05, 3.63) is 109 Å². The molecular formula is C32H22N4. The summed E-state index contributed by atoms with van der Waals surface area (Å²) in [6.45, 7) is 0. The number of aromatic nitrogens is 4. The van der Waals surface area contributed by atoms with Gasteiger partial charge in [0.25, 0.3) is 0 Å². The van der Waals surface area contributed by atoms with Gasteiger partial charge in [0.15, 0.2) is 0 Å². The molecule has 0 spiro atoms. The van der Waals surface area contributed by atoms with Crippen LogP contribution in [-0.2, 0) is 0 Å². The number of rotatable bonds is 2. The Morgan fingerprint density at radius 1 is 0.639 bits per heavy atom. The van der Waals surface area contributed by atoms with E-state index in [9.17, 15) is 0 Å². The summed E-state index contributed by atoms with van der Waals surface area (Å²) < 4.78 is 4.84. The zero-order valence-corrected chi connectivity index (χ0v) is 19.6. The molecule has 4 aromatic heterocycles. The molecule has 0 atom stereocenters. The Labute approximate surface area is 207 Å². The third-order valence-corrected chi connectivity index (χ3v) is 7.44. The average molecular weight is 463 g/mol. The van der Waals surface area contributed by atoms with Gasteiger partial charge in [-0.05, 0) is 48.6 Å². The highest BCUT2D eigenvalue weighted by Gasteiger charge is 2.23. The van der Waals surface area contributed by atoms with Crippen LogP contribution in [0.3, 0.4) is 0 Å². The summed E-state index contributed by atoms with van der Waals surface area (Å²) in [5.41, 5.74) is 9.03. The molecule has 7 aromatic rings. The van der Waals surface area contributed by atoms with E-state index in [2.05, 4.69) is 100 Å². The standard InChI is InChI=1S/C32H22N4/c1-2-12-22(13-3-1)35-28-18-9-19-33-29(28)25-20-34-30-24-15-6-7-16-27(24)36(32(30)31(25)35)26-17-8-11-21-10-4-5-14-23(21)26/h1-2,4-12,14-20H,3,13H2. The van der Waals surface area contributed by atoms with E-state index in [-0.39, 0.29) is 0 Å². The minimum Gasteiger partial charge on any atom is -0.309 e. The molecule has 8 rings (SSSR count). The molecule has 0 saturated heterocycles. The second kappa shape index (κ2) is 7.40. The van der Waals surface area contributed by atoms with E-state index in [0.717, 1.165) is 56.9 Å². The zero-order valence-electron chi connectivity index (χ0n) is 19.6. The predicted octanol–water partition coefficient (Wildman–Crippen LogP) is 8.03. The molecule has 1 aliphatic carbocycles. The van der Waals surface area contributed by atoms with Crippen molar-refractivity contribution in [2.75, 3.05) is 0 Å². The van der Waals surface area contributed by atoms with Gasteiger partial charge < -0.3 is 9.13 Å². The van der Waals surface area contributed by atoms with Crippen LogP contribution in [0.2, 0.25) is 0 Å². The van der Waals surface area contributed by atoms with Gasteiger partial charge >= 0.3 is 0 Å². The van der Waals surface area contributed by atoms with Gasteiger partial charge in [-0.25, -0.2) is 0 Å². The SMILES string of the molecule is C1=CCCC(n2c3cccnc3c3cnc4c5ccccc5n(-c5cccc6ccccc56)c4c32)=C1. The van der Waals surface area contributed by atoms with E-state index >= 15 is 0 Å². The minimum atomic E-state index is 0.989. The number of hydrogen-bond acceptors (Lipinski definition) is 2. The summed E-state index contributed by atoms with van der Waals surface area (Å²) in [5.74, 6) is 0. The molecule has 0 unspecified atom stereocenters. The van der Waals surface area contributed by atoms with Crippen LogP contribution in [0.5, 0.6) is 0 Å². The lowest BCUT2D eigenvalue weighted by Gasteiger charge is -2.16. The summed E-state index contributed by atoms with van der Waals surface area (Å²) in [7, 11) is 0. The third-order valence-electron chi connectivity index (χ3n) is 7.44. The summed E-state index contributed by atoms with van der Waals surface area (Å²) in [6.07, 6.45) is 12.6. The maximum absolute atomic E-state index is 5.06. The monoisotopic (exact) mass is 462 g/mol. The smallest absolute Gasteiger partial charge is 0.0985 e. The number of benzene rings is 3. The van der Waals surface area contributed by atoms with Crippen LogP contribution in [0.25, 0.3) is 66.0 Å². The van der Waals surface area contributed by atoms with Crippen molar-refractivity contribution in [3.8, 4) is 5.69 Å². The number of fused-ring (bicyclic) bond motifs is 8. The van der Waals surface area contributed by atoms with Gasteiger partial charge in [-0.1, -0.05) is 66.7 Å². The topological polar surface area (TPSA) is 35.6 Å². The maximum Gasteiger partial charge on any atom is 0.0985 e. The first-order chi connectivity index (χ1) is 17.9. The Morgan fingerprint density at radius 3 is 2.39 bits per heavy atom. The van der Waals surface area contributed by atoms with E-state index in [1.165, 1.54) is 22.0 Å². The molecule has 0 radical (unpaired) electrons. The summed E-state index contributed by atoms with van der Waals surface area (Å²) in [4.78, 5) is 9.89. The lowest BCUT2D eigenvalue weighted by Crippen LogP contribution is -2.02. The van der Waals surface area contributed by atoms with Crippen LogP contribution in [0.15, 0.2) is 109 Å². The minimum absolute atomic E-state index is 0.989. The fourth-order valence-electron chi connectivity index (χ4n) is 5.92. The fraction of sp³-hybridized carbons (Fsp3) is 0.0625. The Balaban J connectivity index is 1.66. The Kier molecular flexibility index (Phi) is 4.03. The highest BCUT2D eigenvalue weighted by atomic mass is 15.1. The van der Waals surface area contributed by atoms with Crippen molar-refractivity contribution in [1.82, 2.24) is 19.1 Å². The van der Waals surface area contributed by atoms with Gasteiger partial charge in [-0.15, -0.1) is 0 Å². The number of nitrogens with zero attached hydrogens (tertiary/aromatic N) is 4. The molecule has 3 aromatic carbocycles. The van der Waals surface area contributed by atoms with Crippen LogP contribution >= 0.6 is 0 Å². The molecular weight excluding hydrogens is 440 g/mol.